The average molecular weight is 364 g/mol. The molecule has 1 amide bonds. The molecule has 138 valence electrons. The molecule has 0 bridgehead atoms. The summed E-state index contributed by atoms with van der Waals surface area (Å²) in [5.41, 5.74) is 2.60. The number of rotatable bonds is 2. The van der Waals surface area contributed by atoms with Gasteiger partial charge in [-0.1, -0.05) is 17.3 Å². The Kier molecular flexibility index (Phi) is 3.82. The summed E-state index contributed by atoms with van der Waals surface area (Å²) in [7, 11) is 0. The van der Waals surface area contributed by atoms with Crippen molar-refractivity contribution in [1.29, 1.82) is 0 Å². The van der Waals surface area contributed by atoms with Crippen molar-refractivity contribution in [2.45, 2.75) is 32.1 Å². The van der Waals surface area contributed by atoms with Crippen molar-refractivity contribution in [3.8, 4) is 11.3 Å². The van der Waals surface area contributed by atoms with E-state index < -0.39 is 0 Å². The second-order valence-corrected chi connectivity index (χ2v) is 7.11. The zero-order valence-electron chi connectivity index (χ0n) is 15.0. The van der Waals surface area contributed by atoms with Gasteiger partial charge in [0.25, 0.3) is 5.91 Å². The van der Waals surface area contributed by atoms with Crippen molar-refractivity contribution in [2.75, 3.05) is 13.1 Å². The zero-order chi connectivity index (χ0) is 18.4. The molecule has 4 heterocycles. The van der Waals surface area contributed by atoms with E-state index in [1.54, 1.807) is 6.20 Å². The van der Waals surface area contributed by atoms with E-state index in [1.165, 1.54) is 0 Å². The number of benzene rings is 1. The lowest BCUT2D eigenvalue weighted by molar-refractivity contribution is -0.0605. The summed E-state index contributed by atoms with van der Waals surface area (Å²) in [6.45, 7) is 3.72. The van der Waals surface area contributed by atoms with E-state index in [9.17, 15) is 4.79 Å². The molecule has 0 aliphatic carbocycles. The van der Waals surface area contributed by atoms with Crippen LogP contribution in [0.4, 0.5) is 0 Å². The lowest BCUT2D eigenvalue weighted by atomic mass is 9.99. The summed E-state index contributed by atoms with van der Waals surface area (Å²) in [5, 5.41) is 8.18. The van der Waals surface area contributed by atoms with Crippen LogP contribution in [0.15, 0.2) is 47.0 Å². The summed E-state index contributed by atoms with van der Waals surface area (Å²) in [4.78, 5) is 14.9. The lowest BCUT2D eigenvalue weighted by Gasteiger charge is -2.41. The van der Waals surface area contributed by atoms with Crippen LogP contribution in [-0.4, -0.2) is 45.0 Å². The zero-order valence-corrected chi connectivity index (χ0v) is 15.0. The molecule has 2 atom stereocenters. The van der Waals surface area contributed by atoms with Crippen LogP contribution in [0.1, 0.15) is 34.3 Å². The van der Waals surface area contributed by atoms with Gasteiger partial charge < -0.3 is 14.1 Å². The predicted octanol–water partition coefficient (Wildman–Crippen LogP) is 2.83. The molecule has 3 aromatic rings. The van der Waals surface area contributed by atoms with Crippen LogP contribution >= 0.6 is 0 Å². The van der Waals surface area contributed by atoms with Gasteiger partial charge in [0, 0.05) is 24.2 Å². The fraction of sp³-hybridized carbons (Fsp3) is 0.350. The Bertz CT molecular complexity index is 975. The van der Waals surface area contributed by atoms with Gasteiger partial charge >= 0.3 is 0 Å². The number of aromatic nitrogens is 3. The van der Waals surface area contributed by atoms with Crippen LogP contribution < -0.4 is 0 Å². The van der Waals surface area contributed by atoms with E-state index in [-0.39, 0.29) is 18.1 Å². The fourth-order valence-corrected chi connectivity index (χ4v) is 3.91. The maximum Gasteiger partial charge on any atom is 0.253 e. The van der Waals surface area contributed by atoms with Crippen molar-refractivity contribution in [3.63, 3.8) is 0 Å². The van der Waals surface area contributed by atoms with Gasteiger partial charge in [-0.2, -0.15) is 0 Å². The Morgan fingerprint density at radius 3 is 2.81 bits per heavy atom. The number of carbonyl (C=O) groups is 1. The number of nitrogens with zero attached hydrogens (tertiary/aromatic N) is 4. The van der Waals surface area contributed by atoms with Crippen LogP contribution in [0.5, 0.6) is 0 Å². The Balaban J connectivity index is 1.34. The van der Waals surface area contributed by atoms with Crippen LogP contribution in [0.2, 0.25) is 0 Å². The first-order valence-corrected chi connectivity index (χ1v) is 9.16. The summed E-state index contributed by atoms with van der Waals surface area (Å²) in [6.07, 6.45) is 2.62. The SMILES string of the molecule is Cc1ccc(-c2ccc(C(=O)N3CC[C@@H]4OCc5cnnn5[C@H]4C3)cc2)o1. The molecular formula is C20H20N4O3. The highest BCUT2D eigenvalue weighted by Crippen LogP contribution is 2.31. The third kappa shape index (κ3) is 2.84. The molecule has 0 spiro atoms. The number of hydrogen-bond donors (Lipinski definition) is 0. The highest BCUT2D eigenvalue weighted by molar-refractivity contribution is 5.94. The molecule has 0 N–H and O–H groups in total. The van der Waals surface area contributed by atoms with E-state index in [0.717, 1.165) is 29.2 Å². The van der Waals surface area contributed by atoms with Crippen LogP contribution in [0.25, 0.3) is 11.3 Å². The number of aryl methyl sites for hydroxylation is 1. The van der Waals surface area contributed by atoms with Gasteiger partial charge in [0.2, 0.25) is 0 Å². The number of amides is 1. The molecular weight excluding hydrogens is 344 g/mol. The largest absolute Gasteiger partial charge is 0.461 e. The monoisotopic (exact) mass is 364 g/mol. The first-order chi connectivity index (χ1) is 13.2. The molecule has 5 rings (SSSR count). The normalized spacial score (nSPS) is 21.6. The molecule has 0 unspecified atom stereocenters. The van der Waals surface area contributed by atoms with Crippen LogP contribution in [0.3, 0.4) is 0 Å². The molecule has 1 saturated heterocycles. The van der Waals surface area contributed by atoms with E-state index in [2.05, 4.69) is 10.3 Å². The smallest absolute Gasteiger partial charge is 0.253 e. The second-order valence-electron chi connectivity index (χ2n) is 7.11. The van der Waals surface area contributed by atoms with E-state index >= 15 is 0 Å². The van der Waals surface area contributed by atoms with Gasteiger partial charge in [-0.3, -0.25) is 4.79 Å². The second kappa shape index (κ2) is 6.35. The van der Waals surface area contributed by atoms with Crippen molar-refractivity contribution in [2.24, 2.45) is 0 Å². The van der Waals surface area contributed by atoms with E-state index in [4.69, 9.17) is 9.15 Å². The molecule has 0 saturated carbocycles. The van der Waals surface area contributed by atoms with Gasteiger partial charge in [-0.15, -0.1) is 5.10 Å². The predicted molar refractivity (Wildman–Crippen MR) is 97.0 cm³/mol. The number of hydrogen-bond acceptors (Lipinski definition) is 5. The van der Waals surface area contributed by atoms with E-state index in [1.807, 2.05) is 52.9 Å². The third-order valence-corrected chi connectivity index (χ3v) is 5.37. The molecule has 7 nitrogen and oxygen atoms in total. The Hall–Kier alpha value is -2.93. The van der Waals surface area contributed by atoms with Gasteiger partial charge in [-0.25, -0.2) is 4.68 Å². The van der Waals surface area contributed by atoms with Gasteiger partial charge in [0.1, 0.15) is 11.5 Å². The highest BCUT2D eigenvalue weighted by atomic mass is 16.5. The van der Waals surface area contributed by atoms with Gasteiger partial charge in [0.15, 0.2) is 0 Å². The Labute approximate surface area is 156 Å². The standard InChI is InChI=1S/C20H20N4O3/c1-13-2-7-18(27-13)14-3-5-15(6-4-14)20(25)23-9-8-19-17(11-23)24-16(12-26-19)10-21-22-24/h2-7,10,17,19H,8-9,11-12H2,1H3/t17-,19-/m0/s1. The minimum atomic E-state index is 0.0271. The van der Waals surface area contributed by atoms with Gasteiger partial charge in [0.05, 0.1) is 30.6 Å². The summed E-state index contributed by atoms with van der Waals surface area (Å²) >= 11 is 0. The first-order valence-electron chi connectivity index (χ1n) is 9.16. The van der Waals surface area contributed by atoms with E-state index in [0.29, 0.717) is 25.3 Å². The third-order valence-electron chi connectivity index (χ3n) is 5.37. The van der Waals surface area contributed by atoms with Gasteiger partial charge in [-0.05, 0) is 37.6 Å². The quantitative estimate of drug-likeness (QED) is 0.699. The number of fused-ring (bicyclic) bond motifs is 3. The number of carbonyl (C=O) groups excluding carboxylic acids is 1. The number of likely N-dealkylation sites (tertiary alicyclic amines) is 1. The average Bonchev–Trinajstić information content (AvgIpc) is 3.36. The number of ether oxygens (including phenoxy) is 1. The molecule has 7 heteroatoms. The highest BCUT2D eigenvalue weighted by Gasteiger charge is 2.38. The van der Waals surface area contributed by atoms with Crippen molar-refractivity contribution in [1.82, 2.24) is 19.9 Å². The Morgan fingerprint density at radius 2 is 2.04 bits per heavy atom. The summed E-state index contributed by atoms with van der Waals surface area (Å²) < 4.78 is 13.5. The van der Waals surface area contributed by atoms with Crippen LogP contribution in [-0.2, 0) is 11.3 Å². The topological polar surface area (TPSA) is 73.4 Å². The van der Waals surface area contributed by atoms with Crippen molar-refractivity contribution in [3.05, 3.63) is 59.6 Å². The number of furan rings is 1. The Morgan fingerprint density at radius 1 is 1.19 bits per heavy atom. The summed E-state index contributed by atoms with van der Waals surface area (Å²) in [6, 6.07) is 11.5. The minimum absolute atomic E-state index is 0.0271. The fourth-order valence-electron chi connectivity index (χ4n) is 3.91. The number of piperidine rings is 1. The lowest BCUT2D eigenvalue weighted by Crippen LogP contribution is -2.49. The maximum atomic E-state index is 13.0. The summed E-state index contributed by atoms with van der Waals surface area (Å²) in [5.74, 6) is 1.71. The first kappa shape index (κ1) is 16.3. The molecule has 2 aromatic heterocycles. The molecule has 2 aliphatic rings. The van der Waals surface area contributed by atoms with Crippen molar-refractivity contribution >= 4 is 5.91 Å². The molecule has 27 heavy (non-hydrogen) atoms. The molecule has 1 aromatic carbocycles. The molecule has 1 fully saturated rings. The molecule has 2 aliphatic heterocycles. The van der Waals surface area contributed by atoms with Crippen molar-refractivity contribution < 1.29 is 13.9 Å². The molecule has 0 radical (unpaired) electrons. The maximum absolute atomic E-state index is 13.0. The van der Waals surface area contributed by atoms with Crippen LogP contribution in [0, 0.1) is 6.92 Å². The minimum Gasteiger partial charge on any atom is -0.461 e.